The van der Waals surface area contributed by atoms with Gasteiger partial charge in [-0.3, -0.25) is 4.79 Å². The van der Waals surface area contributed by atoms with E-state index in [9.17, 15) is 14.7 Å². The summed E-state index contributed by atoms with van der Waals surface area (Å²) >= 11 is 0. The zero-order valence-corrected chi connectivity index (χ0v) is 12.5. The zero-order valence-electron chi connectivity index (χ0n) is 12.5. The monoisotopic (exact) mass is 290 g/mol. The third kappa shape index (κ3) is 3.35. The van der Waals surface area contributed by atoms with Crippen LogP contribution in [0.15, 0.2) is 24.3 Å². The van der Waals surface area contributed by atoms with Gasteiger partial charge in [-0.15, -0.1) is 0 Å². The van der Waals surface area contributed by atoms with Gasteiger partial charge in [-0.1, -0.05) is 38.5 Å². The van der Waals surface area contributed by atoms with E-state index in [-0.39, 0.29) is 12.6 Å². The number of amides is 2. The lowest BCUT2D eigenvalue weighted by atomic mass is 9.69. The second kappa shape index (κ2) is 6.16. The highest BCUT2D eigenvalue weighted by molar-refractivity contribution is 5.90. The van der Waals surface area contributed by atoms with Crippen molar-refractivity contribution in [3.8, 4) is 0 Å². The molecule has 0 atom stereocenters. The molecule has 0 spiro atoms. The Bertz CT molecular complexity index is 536. The highest BCUT2D eigenvalue weighted by Crippen LogP contribution is 2.40. The SMILES string of the molecule is CC(C)c1ccccc1NC(=O)NCC1(C(=O)O)CCC1. The summed E-state index contributed by atoms with van der Waals surface area (Å²) in [4.78, 5) is 23.2. The molecule has 0 unspecified atom stereocenters. The summed E-state index contributed by atoms with van der Waals surface area (Å²) in [7, 11) is 0. The Labute approximate surface area is 124 Å². The van der Waals surface area contributed by atoms with Crippen LogP contribution in [0.5, 0.6) is 0 Å². The van der Waals surface area contributed by atoms with Crippen molar-refractivity contribution in [1.82, 2.24) is 5.32 Å². The average Bonchev–Trinajstić information content (AvgIpc) is 2.37. The average molecular weight is 290 g/mol. The van der Waals surface area contributed by atoms with E-state index in [1.807, 2.05) is 24.3 Å². The van der Waals surface area contributed by atoms with Gasteiger partial charge in [0.05, 0.1) is 5.41 Å². The molecule has 2 amide bonds. The number of carbonyl (C=O) groups is 2. The summed E-state index contributed by atoms with van der Waals surface area (Å²) in [5.74, 6) is -0.518. The molecule has 114 valence electrons. The number of benzene rings is 1. The van der Waals surface area contributed by atoms with Gasteiger partial charge in [0.1, 0.15) is 0 Å². The Kier molecular flexibility index (Phi) is 4.50. The van der Waals surface area contributed by atoms with Crippen molar-refractivity contribution in [3.63, 3.8) is 0 Å². The number of anilines is 1. The number of aliphatic carboxylic acids is 1. The maximum absolute atomic E-state index is 12.0. The van der Waals surface area contributed by atoms with Crippen molar-refractivity contribution in [2.75, 3.05) is 11.9 Å². The molecule has 0 aromatic heterocycles. The second-order valence-electron chi connectivity index (χ2n) is 5.99. The van der Waals surface area contributed by atoms with Gasteiger partial charge in [-0.25, -0.2) is 4.79 Å². The van der Waals surface area contributed by atoms with Gasteiger partial charge in [-0.2, -0.15) is 0 Å². The molecule has 5 heteroatoms. The van der Waals surface area contributed by atoms with E-state index in [0.29, 0.717) is 18.8 Å². The Hall–Kier alpha value is -2.04. The summed E-state index contributed by atoms with van der Waals surface area (Å²) < 4.78 is 0. The van der Waals surface area contributed by atoms with E-state index >= 15 is 0 Å². The standard InChI is InChI=1S/C16H22N2O3/c1-11(2)12-6-3-4-7-13(12)18-15(21)17-10-16(14(19)20)8-5-9-16/h3-4,6-7,11H,5,8-10H2,1-2H3,(H,19,20)(H2,17,18,21). The van der Waals surface area contributed by atoms with Crippen molar-refractivity contribution in [1.29, 1.82) is 0 Å². The fraction of sp³-hybridized carbons (Fsp3) is 0.500. The molecule has 0 radical (unpaired) electrons. The largest absolute Gasteiger partial charge is 0.481 e. The smallest absolute Gasteiger partial charge is 0.319 e. The number of carbonyl (C=O) groups excluding carboxylic acids is 1. The lowest BCUT2D eigenvalue weighted by molar-refractivity contribution is -0.153. The van der Waals surface area contributed by atoms with E-state index < -0.39 is 11.4 Å². The summed E-state index contributed by atoms with van der Waals surface area (Å²) in [5.41, 5.74) is 1.06. The number of hydrogen-bond acceptors (Lipinski definition) is 2. The summed E-state index contributed by atoms with van der Waals surface area (Å²) in [6, 6.07) is 7.28. The molecule has 0 aliphatic heterocycles. The van der Waals surface area contributed by atoms with E-state index in [2.05, 4.69) is 24.5 Å². The molecule has 0 heterocycles. The Balaban J connectivity index is 1.95. The molecular weight excluding hydrogens is 268 g/mol. The third-order valence-electron chi connectivity index (χ3n) is 4.18. The number of hydrogen-bond donors (Lipinski definition) is 3. The van der Waals surface area contributed by atoms with Gasteiger partial charge in [0.25, 0.3) is 0 Å². The number of carboxylic acids is 1. The molecule has 5 nitrogen and oxygen atoms in total. The van der Waals surface area contributed by atoms with E-state index in [1.54, 1.807) is 0 Å². The van der Waals surface area contributed by atoms with E-state index in [1.165, 1.54) is 0 Å². The first kappa shape index (κ1) is 15.4. The molecule has 1 aromatic carbocycles. The van der Waals surface area contributed by atoms with Gasteiger partial charge < -0.3 is 15.7 Å². The maximum atomic E-state index is 12.0. The van der Waals surface area contributed by atoms with Gasteiger partial charge in [-0.05, 0) is 30.4 Å². The highest BCUT2D eigenvalue weighted by Gasteiger charge is 2.44. The topological polar surface area (TPSA) is 78.4 Å². The number of para-hydroxylation sites is 1. The maximum Gasteiger partial charge on any atom is 0.319 e. The molecule has 1 aromatic rings. The van der Waals surface area contributed by atoms with Crippen molar-refractivity contribution in [3.05, 3.63) is 29.8 Å². The molecule has 1 fully saturated rings. The van der Waals surface area contributed by atoms with Crippen LogP contribution in [0.25, 0.3) is 0 Å². The van der Waals surface area contributed by atoms with E-state index in [0.717, 1.165) is 17.7 Å². The van der Waals surface area contributed by atoms with Crippen molar-refractivity contribution in [2.24, 2.45) is 5.41 Å². The quantitative estimate of drug-likeness (QED) is 0.779. The number of carboxylic acid groups (broad SMARTS) is 1. The fourth-order valence-electron chi connectivity index (χ4n) is 2.60. The van der Waals surface area contributed by atoms with Crippen LogP contribution >= 0.6 is 0 Å². The molecule has 2 rings (SSSR count). The molecule has 1 aliphatic rings. The van der Waals surface area contributed by atoms with Crippen LogP contribution in [0, 0.1) is 5.41 Å². The van der Waals surface area contributed by atoms with Gasteiger partial charge in [0.15, 0.2) is 0 Å². The number of urea groups is 1. The van der Waals surface area contributed by atoms with Gasteiger partial charge in [0.2, 0.25) is 0 Å². The Morgan fingerprint density at radius 1 is 1.29 bits per heavy atom. The summed E-state index contributed by atoms with van der Waals surface area (Å²) in [6.07, 6.45) is 2.17. The van der Waals surface area contributed by atoms with Gasteiger partial charge in [0, 0.05) is 12.2 Å². The summed E-state index contributed by atoms with van der Waals surface area (Å²) in [5, 5.41) is 14.7. The first-order valence-electron chi connectivity index (χ1n) is 7.32. The molecule has 0 saturated heterocycles. The minimum absolute atomic E-state index is 0.179. The lowest BCUT2D eigenvalue weighted by Gasteiger charge is -2.37. The van der Waals surface area contributed by atoms with Crippen LogP contribution in [0.2, 0.25) is 0 Å². The first-order valence-corrected chi connectivity index (χ1v) is 7.32. The summed E-state index contributed by atoms with van der Waals surface area (Å²) in [6.45, 7) is 4.30. The van der Waals surface area contributed by atoms with E-state index in [4.69, 9.17) is 0 Å². The van der Waals surface area contributed by atoms with Crippen LogP contribution in [0.4, 0.5) is 10.5 Å². The van der Waals surface area contributed by atoms with Crippen molar-refractivity contribution >= 4 is 17.7 Å². The predicted octanol–water partition coefficient (Wildman–Crippen LogP) is 3.19. The van der Waals surface area contributed by atoms with Crippen LogP contribution in [0.3, 0.4) is 0 Å². The minimum atomic E-state index is -0.823. The molecule has 0 bridgehead atoms. The molecule has 1 saturated carbocycles. The fourth-order valence-corrected chi connectivity index (χ4v) is 2.60. The van der Waals surface area contributed by atoms with Crippen LogP contribution in [0.1, 0.15) is 44.6 Å². The van der Waals surface area contributed by atoms with Gasteiger partial charge >= 0.3 is 12.0 Å². The lowest BCUT2D eigenvalue weighted by Crippen LogP contribution is -2.48. The molecule has 3 N–H and O–H groups in total. The first-order chi connectivity index (χ1) is 9.94. The second-order valence-corrected chi connectivity index (χ2v) is 5.99. The Morgan fingerprint density at radius 2 is 1.95 bits per heavy atom. The van der Waals surface area contributed by atoms with Crippen LogP contribution in [-0.2, 0) is 4.79 Å². The predicted molar refractivity (Wildman–Crippen MR) is 81.5 cm³/mol. The molecule has 1 aliphatic carbocycles. The normalized spacial score (nSPS) is 16.1. The zero-order chi connectivity index (χ0) is 15.5. The number of nitrogens with one attached hydrogen (secondary N) is 2. The third-order valence-corrected chi connectivity index (χ3v) is 4.18. The highest BCUT2D eigenvalue weighted by atomic mass is 16.4. The number of rotatable bonds is 5. The Morgan fingerprint density at radius 3 is 2.48 bits per heavy atom. The van der Waals surface area contributed by atoms with Crippen LogP contribution < -0.4 is 10.6 Å². The minimum Gasteiger partial charge on any atom is -0.481 e. The van der Waals surface area contributed by atoms with Crippen molar-refractivity contribution in [2.45, 2.75) is 39.0 Å². The molecule has 21 heavy (non-hydrogen) atoms. The van der Waals surface area contributed by atoms with Crippen molar-refractivity contribution < 1.29 is 14.7 Å². The van der Waals surface area contributed by atoms with Crippen LogP contribution in [-0.4, -0.2) is 23.7 Å². The molecular formula is C16H22N2O3.